The largest absolute Gasteiger partial charge is 0.396 e. The molecule has 0 saturated carbocycles. The summed E-state index contributed by atoms with van der Waals surface area (Å²) >= 11 is 1.85. The summed E-state index contributed by atoms with van der Waals surface area (Å²) in [4.78, 5) is 16.1. The summed E-state index contributed by atoms with van der Waals surface area (Å²) in [5.41, 5.74) is 2.60. The molecule has 6 heteroatoms. The molecule has 0 amide bonds. The van der Waals surface area contributed by atoms with Crippen LogP contribution in [-0.2, 0) is 13.0 Å². The van der Waals surface area contributed by atoms with Gasteiger partial charge in [-0.05, 0) is 43.0 Å². The van der Waals surface area contributed by atoms with E-state index in [0.29, 0.717) is 18.0 Å². The van der Waals surface area contributed by atoms with Gasteiger partial charge in [0.2, 0.25) is 5.95 Å². The molecule has 5 heterocycles. The second-order valence-electron chi connectivity index (χ2n) is 7.91. The number of rotatable bonds is 4. The van der Waals surface area contributed by atoms with Gasteiger partial charge in [-0.25, -0.2) is 9.97 Å². The van der Waals surface area contributed by atoms with Gasteiger partial charge in [-0.15, -0.1) is 11.3 Å². The molecule has 0 aromatic carbocycles. The molecule has 3 atom stereocenters. The zero-order valence-electron chi connectivity index (χ0n) is 15.0. The van der Waals surface area contributed by atoms with Crippen molar-refractivity contribution < 1.29 is 5.11 Å². The minimum absolute atomic E-state index is 0.267. The van der Waals surface area contributed by atoms with Gasteiger partial charge in [-0.3, -0.25) is 4.90 Å². The van der Waals surface area contributed by atoms with Gasteiger partial charge in [0.25, 0.3) is 0 Å². The van der Waals surface area contributed by atoms with E-state index < -0.39 is 0 Å². The van der Waals surface area contributed by atoms with Crippen molar-refractivity contribution in [3.05, 3.63) is 39.8 Å². The van der Waals surface area contributed by atoms with Crippen LogP contribution < -0.4 is 4.90 Å². The smallest absolute Gasteiger partial charge is 0.225 e. The number of thiophene rings is 1. The first-order chi connectivity index (χ1) is 12.8. The molecule has 2 aromatic rings. The third kappa shape index (κ3) is 2.94. The second-order valence-corrected chi connectivity index (χ2v) is 8.94. The molecule has 138 valence electrons. The van der Waals surface area contributed by atoms with Gasteiger partial charge < -0.3 is 10.0 Å². The van der Waals surface area contributed by atoms with E-state index in [9.17, 15) is 5.11 Å². The molecule has 2 saturated heterocycles. The van der Waals surface area contributed by atoms with E-state index in [1.54, 1.807) is 0 Å². The van der Waals surface area contributed by atoms with Crippen LogP contribution in [0.4, 0.5) is 5.95 Å². The number of piperidine rings is 1. The number of anilines is 1. The highest BCUT2D eigenvalue weighted by molar-refractivity contribution is 7.09. The standard InChI is InChI=1S/C20H26N4OS/c25-13-14-3-1-7-23(11-14)20-21-10-17-18(22-20)9-15-5-6-19(17)24(15)12-16-4-2-8-26-16/h2,4,8,10,14-15,19,25H,1,3,5-7,9,11-13H2/t14-,15-,19-/m1/s1. The molecule has 5 rings (SSSR count). The quantitative estimate of drug-likeness (QED) is 0.897. The van der Waals surface area contributed by atoms with E-state index >= 15 is 0 Å². The Balaban J connectivity index is 1.38. The number of hydrogen-bond donors (Lipinski definition) is 1. The van der Waals surface area contributed by atoms with Gasteiger partial charge in [-0.1, -0.05) is 6.07 Å². The maximum Gasteiger partial charge on any atom is 0.225 e. The molecule has 5 nitrogen and oxygen atoms in total. The summed E-state index contributed by atoms with van der Waals surface area (Å²) in [6.07, 6.45) is 7.85. The maximum atomic E-state index is 9.49. The second kappa shape index (κ2) is 6.91. The summed E-state index contributed by atoms with van der Waals surface area (Å²) in [6, 6.07) is 5.48. The van der Waals surface area contributed by atoms with Crippen LogP contribution in [-0.4, -0.2) is 45.7 Å². The Morgan fingerprint density at radius 1 is 1.27 bits per heavy atom. The average Bonchev–Trinajstić information content (AvgIpc) is 3.29. The summed E-state index contributed by atoms with van der Waals surface area (Å²) < 4.78 is 0. The van der Waals surface area contributed by atoms with Gasteiger partial charge in [0.15, 0.2) is 0 Å². The molecule has 1 N–H and O–H groups in total. The third-order valence-electron chi connectivity index (χ3n) is 6.30. The Hall–Kier alpha value is -1.50. The summed E-state index contributed by atoms with van der Waals surface area (Å²) in [6.45, 7) is 3.21. The van der Waals surface area contributed by atoms with Crippen LogP contribution in [0.15, 0.2) is 23.7 Å². The number of aliphatic hydroxyl groups is 1. The van der Waals surface area contributed by atoms with E-state index in [0.717, 1.165) is 44.8 Å². The topological polar surface area (TPSA) is 52.5 Å². The fourth-order valence-electron chi connectivity index (χ4n) is 4.94. The van der Waals surface area contributed by atoms with Crippen molar-refractivity contribution in [1.82, 2.24) is 14.9 Å². The van der Waals surface area contributed by atoms with Crippen LogP contribution in [0.25, 0.3) is 0 Å². The first-order valence-corrected chi connectivity index (χ1v) is 10.7. The van der Waals surface area contributed by atoms with Crippen molar-refractivity contribution in [1.29, 1.82) is 0 Å². The van der Waals surface area contributed by atoms with Crippen LogP contribution in [0.2, 0.25) is 0 Å². The first-order valence-electron chi connectivity index (χ1n) is 9.81. The maximum absolute atomic E-state index is 9.49. The molecule has 2 bridgehead atoms. The lowest BCUT2D eigenvalue weighted by molar-refractivity contribution is 0.167. The third-order valence-corrected chi connectivity index (χ3v) is 7.16. The van der Waals surface area contributed by atoms with Crippen molar-refractivity contribution in [3.63, 3.8) is 0 Å². The molecule has 0 spiro atoms. The van der Waals surface area contributed by atoms with E-state index in [1.807, 2.05) is 11.3 Å². The van der Waals surface area contributed by atoms with E-state index in [2.05, 4.69) is 33.5 Å². The van der Waals surface area contributed by atoms with Gasteiger partial charge >= 0.3 is 0 Å². The number of nitrogens with zero attached hydrogens (tertiary/aromatic N) is 4. The molecular formula is C20H26N4OS. The SMILES string of the molecule is OC[C@@H]1CCCN(c2ncc3c(n2)C[C@H]2CC[C@H]3N2Cc2cccs2)C1. The zero-order chi connectivity index (χ0) is 17.5. The molecular weight excluding hydrogens is 344 g/mol. The lowest BCUT2D eigenvalue weighted by Crippen LogP contribution is -2.40. The number of aliphatic hydroxyl groups excluding tert-OH is 1. The fourth-order valence-corrected chi connectivity index (χ4v) is 5.65. The highest BCUT2D eigenvalue weighted by Gasteiger charge is 2.41. The van der Waals surface area contributed by atoms with E-state index in [1.165, 1.54) is 29.0 Å². The Morgan fingerprint density at radius 3 is 3.08 bits per heavy atom. The molecule has 3 aliphatic heterocycles. The van der Waals surface area contributed by atoms with Crippen LogP contribution in [0, 0.1) is 5.92 Å². The molecule has 0 radical (unpaired) electrons. The highest BCUT2D eigenvalue weighted by atomic mass is 32.1. The average molecular weight is 371 g/mol. The van der Waals surface area contributed by atoms with Crippen LogP contribution in [0.3, 0.4) is 0 Å². The normalized spacial score (nSPS) is 28.3. The minimum Gasteiger partial charge on any atom is -0.396 e. The Kier molecular flexibility index (Phi) is 4.43. The number of fused-ring (bicyclic) bond motifs is 4. The van der Waals surface area contributed by atoms with Gasteiger partial charge in [0, 0.05) is 61.4 Å². The number of aromatic nitrogens is 2. The lowest BCUT2D eigenvalue weighted by Gasteiger charge is -2.36. The zero-order valence-corrected chi connectivity index (χ0v) is 15.9. The Labute approximate surface area is 158 Å². The highest BCUT2D eigenvalue weighted by Crippen LogP contribution is 2.44. The molecule has 26 heavy (non-hydrogen) atoms. The molecule has 3 aliphatic rings. The van der Waals surface area contributed by atoms with Crippen LogP contribution in [0.1, 0.15) is 47.9 Å². The number of hydrogen-bond acceptors (Lipinski definition) is 6. The van der Waals surface area contributed by atoms with Crippen molar-refractivity contribution in [2.24, 2.45) is 5.92 Å². The van der Waals surface area contributed by atoms with Gasteiger partial charge in [0.05, 0.1) is 5.69 Å². The summed E-state index contributed by atoms with van der Waals surface area (Å²) in [5, 5.41) is 11.7. The van der Waals surface area contributed by atoms with Gasteiger partial charge in [-0.2, -0.15) is 0 Å². The van der Waals surface area contributed by atoms with Crippen LogP contribution in [0.5, 0.6) is 0 Å². The molecule has 0 aliphatic carbocycles. The molecule has 2 fully saturated rings. The van der Waals surface area contributed by atoms with Crippen molar-refractivity contribution in [3.8, 4) is 0 Å². The summed E-state index contributed by atoms with van der Waals surface area (Å²) in [7, 11) is 0. The lowest BCUT2D eigenvalue weighted by atomic mass is 9.98. The predicted molar refractivity (Wildman–Crippen MR) is 103 cm³/mol. The monoisotopic (exact) mass is 370 g/mol. The molecule has 0 unspecified atom stereocenters. The fraction of sp³-hybridized carbons (Fsp3) is 0.600. The Morgan fingerprint density at radius 2 is 2.23 bits per heavy atom. The summed E-state index contributed by atoms with van der Waals surface area (Å²) in [5.74, 6) is 1.23. The van der Waals surface area contributed by atoms with Crippen LogP contribution >= 0.6 is 11.3 Å². The van der Waals surface area contributed by atoms with E-state index in [-0.39, 0.29) is 6.61 Å². The minimum atomic E-state index is 0.267. The predicted octanol–water partition coefficient (Wildman–Crippen LogP) is 3.01. The first kappa shape index (κ1) is 16.7. The van der Waals surface area contributed by atoms with Crippen molar-refractivity contribution >= 4 is 17.3 Å². The van der Waals surface area contributed by atoms with Gasteiger partial charge in [0.1, 0.15) is 0 Å². The van der Waals surface area contributed by atoms with Crippen molar-refractivity contribution in [2.45, 2.75) is 50.7 Å². The van der Waals surface area contributed by atoms with Crippen molar-refractivity contribution in [2.75, 3.05) is 24.6 Å². The Bertz CT molecular complexity index is 765. The van der Waals surface area contributed by atoms with E-state index in [4.69, 9.17) is 9.97 Å². The molecule has 2 aromatic heterocycles.